The summed E-state index contributed by atoms with van der Waals surface area (Å²) in [6.07, 6.45) is -6.02. The molecule has 8 heteroatoms. The van der Waals surface area contributed by atoms with Gasteiger partial charge in [0, 0.05) is 10.0 Å². The van der Waals surface area contributed by atoms with Crippen LogP contribution in [0.15, 0.2) is 22.2 Å². The molecular formula is C15H14BrF3O4. The largest absolute Gasteiger partial charge is 0.490 e. The first-order valence-corrected chi connectivity index (χ1v) is 7.65. The molecule has 0 radical (unpaired) electrons. The second-order valence-corrected chi connectivity index (χ2v) is 5.53. The van der Waals surface area contributed by atoms with E-state index in [1.807, 2.05) is 0 Å². The van der Waals surface area contributed by atoms with Gasteiger partial charge in [0.1, 0.15) is 0 Å². The summed E-state index contributed by atoms with van der Waals surface area (Å²) >= 11 is 3.25. The normalized spacial score (nSPS) is 17.0. The van der Waals surface area contributed by atoms with Crippen molar-refractivity contribution in [2.45, 2.75) is 26.1 Å². The Morgan fingerprint density at radius 3 is 2.57 bits per heavy atom. The molecule has 126 valence electrons. The summed E-state index contributed by atoms with van der Waals surface area (Å²) in [6.45, 7) is 3.45. The molecule has 0 saturated heterocycles. The molecule has 0 spiro atoms. The van der Waals surface area contributed by atoms with Gasteiger partial charge in [-0.1, -0.05) is 15.9 Å². The van der Waals surface area contributed by atoms with Crippen LogP contribution in [0.25, 0.3) is 6.08 Å². The van der Waals surface area contributed by atoms with Gasteiger partial charge in [-0.15, -0.1) is 0 Å². The highest BCUT2D eigenvalue weighted by molar-refractivity contribution is 9.10. The Morgan fingerprint density at radius 1 is 1.30 bits per heavy atom. The van der Waals surface area contributed by atoms with Gasteiger partial charge in [0.15, 0.2) is 11.5 Å². The zero-order valence-corrected chi connectivity index (χ0v) is 14.0. The molecule has 0 aromatic heterocycles. The minimum Gasteiger partial charge on any atom is -0.490 e. The maximum Gasteiger partial charge on any atom is 0.430 e. The van der Waals surface area contributed by atoms with Crippen LogP contribution in [0.3, 0.4) is 0 Å². The van der Waals surface area contributed by atoms with Crippen molar-refractivity contribution in [3.63, 3.8) is 0 Å². The first-order valence-electron chi connectivity index (χ1n) is 6.86. The summed E-state index contributed by atoms with van der Waals surface area (Å²) in [5.41, 5.74) is -0.279. The third-order valence-electron chi connectivity index (χ3n) is 2.99. The van der Waals surface area contributed by atoms with E-state index in [2.05, 4.69) is 15.9 Å². The van der Waals surface area contributed by atoms with Crippen LogP contribution in [0.2, 0.25) is 0 Å². The summed E-state index contributed by atoms with van der Waals surface area (Å²) < 4.78 is 55.5. The summed E-state index contributed by atoms with van der Waals surface area (Å²) in [5.74, 6) is -0.936. The van der Waals surface area contributed by atoms with Crippen LogP contribution in [0.1, 0.15) is 19.4 Å². The van der Waals surface area contributed by atoms with E-state index in [-0.39, 0.29) is 24.7 Å². The van der Waals surface area contributed by atoms with E-state index in [1.165, 1.54) is 13.0 Å². The Bertz CT molecular complexity index is 640. The fourth-order valence-electron chi connectivity index (χ4n) is 2.13. The highest BCUT2D eigenvalue weighted by Gasteiger charge is 2.49. The number of ether oxygens (including phenoxy) is 3. The molecule has 1 aromatic carbocycles. The number of fused-ring (bicyclic) bond motifs is 1. The molecule has 0 bridgehead atoms. The molecule has 1 aromatic rings. The number of carbonyl (C=O) groups is 1. The van der Waals surface area contributed by atoms with E-state index in [9.17, 15) is 18.0 Å². The summed E-state index contributed by atoms with van der Waals surface area (Å²) in [7, 11) is 0. The van der Waals surface area contributed by atoms with Gasteiger partial charge in [-0.05, 0) is 32.1 Å². The second kappa shape index (κ2) is 6.82. The zero-order chi connectivity index (χ0) is 17.2. The number of hydrogen-bond acceptors (Lipinski definition) is 4. The van der Waals surface area contributed by atoms with Gasteiger partial charge in [-0.25, -0.2) is 4.79 Å². The molecule has 0 aliphatic carbocycles. The molecular weight excluding hydrogens is 381 g/mol. The van der Waals surface area contributed by atoms with Crippen molar-refractivity contribution >= 4 is 28.0 Å². The van der Waals surface area contributed by atoms with Crippen molar-refractivity contribution < 1.29 is 32.2 Å². The third kappa shape index (κ3) is 3.80. The van der Waals surface area contributed by atoms with Crippen molar-refractivity contribution in [1.29, 1.82) is 0 Å². The molecule has 1 atom stereocenters. The maximum absolute atomic E-state index is 13.3. The Labute approximate surface area is 139 Å². The fourth-order valence-corrected chi connectivity index (χ4v) is 2.59. The molecule has 0 amide bonds. The molecule has 1 aliphatic rings. The van der Waals surface area contributed by atoms with Crippen LogP contribution in [-0.2, 0) is 9.53 Å². The Balaban J connectivity index is 2.56. The van der Waals surface area contributed by atoms with E-state index < -0.39 is 23.8 Å². The molecule has 0 fully saturated rings. The van der Waals surface area contributed by atoms with Gasteiger partial charge in [0.25, 0.3) is 0 Å². The molecule has 1 unspecified atom stereocenters. The second-order valence-electron chi connectivity index (χ2n) is 4.61. The fraction of sp³-hybridized carbons (Fsp3) is 0.400. The van der Waals surface area contributed by atoms with Gasteiger partial charge in [0.05, 0.1) is 18.8 Å². The highest BCUT2D eigenvalue weighted by Crippen LogP contribution is 2.44. The van der Waals surface area contributed by atoms with E-state index in [0.717, 1.165) is 6.08 Å². The Kier molecular flexibility index (Phi) is 5.23. The van der Waals surface area contributed by atoms with Gasteiger partial charge < -0.3 is 14.2 Å². The van der Waals surface area contributed by atoms with Crippen LogP contribution in [0.4, 0.5) is 13.2 Å². The number of rotatable bonds is 4. The first kappa shape index (κ1) is 17.7. The minimum absolute atomic E-state index is 0.0315. The highest BCUT2D eigenvalue weighted by atomic mass is 79.9. The maximum atomic E-state index is 13.3. The number of benzene rings is 1. The molecule has 1 aliphatic heterocycles. The molecule has 2 rings (SSSR count). The van der Waals surface area contributed by atoms with Crippen LogP contribution in [0.5, 0.6) is 11.5 Å². The smallest absolute Gasteiger partial charge is 0.430 e. The van der Waals surface area contributed by atoms with Crippen molar-refractivity contribution in [2.75, 3.05) is 13.2 Å². The van der Waals surface area contributed by atoms with Crippen molar-refractivity contribution in [3.8, 4) is 11.5 Å². The van der Waals surface area contributed by atoms with E-state index in [1.54, 1.807) is 13.0 Å². The quantitative estimate of drug-likeness (QED) is 0.720. The first-order chi connectivity index (χ1) is 10.8. The number of esters is 1. The lowest BCUT2D eigenvalue weighted by Gasteiger charge is -2.29. The van der Waals surface area contributed by atoms with Crippen molar-refractivity contribution in [3.05, 3.63) is 27.7 Å². The van der Waals surface area contributed by atoms with Gasteiger partial charge in [0.2, 0.25) is 6.10 Å². The number of halogens is 4. The van der Waals surface area contributed by atoms with Crippen molar-refractivity contribution in [2.24, 2.45) is 0 Å². The molecule has 0 saturated carbocycles. The lowest BCUT2D eigenvalue weighted by atomic mass is 10.0. The number of hydrogen-bond donors (Lipinski definition) is 0. The lowest BCUT2D eigenvalue weighted by Crippen LogP contribution is -2.40. The van der Waals surface area contributed by atoms with Crippen LogP contribution in [0, 0.1) is 0 Å². The Morgan fingerprint density at radius 2 is 2.00 bits per heavy atom. The number of carbonyl (C=O) groups excluding carboxylic acids is 1. The third-order valence-corrected chi connectivity index (χ3v) is 3.44. The van der Waals surface area contributed by atoms with E-state index in [0.29, 0.717) is 10.0 Å². The topological polar surface area (TPSA) is 44.8 Å². The molecule has 4 nitrogen and oxygen atoms in total. The lowest BCUT2D eigenvalue weighted by molar-refractivity contribution is -0.188. The summed E-state index contributed by atoms with van der Waals surface area (Å²) in [4.78, 5) is 11.8. The van der Waals surface area contributed by atoms with Gasteiger partial charge in [-0.2, -0.15) is 13.2 Å². The Hall–Kier alpha value is -1.70. The summed E-state index contributed by atoms with van der Waals surface area (Å²) in [5, 5.41) is 0. The predicted octanol–water partition coefficient (Wildman–Crippen LogP) is 4.12. The molecule has 1 heterocycles. The van der Waals surface area contributed by atoms with Gasteiger partial charge >= 0.3 is 12.1 Å². The van der Waals surface area contributed by atoms with Crippen LogP contribution >= 0.6 is 15.9 Å². The molecule has 23 heavy (non-hydrogen) atoms. The van der Waals surface area contributed by atoms with E-state index >= 15 is 0 Å². The monoisotopic (exact) mass is 394 g/mol. The SMILES string of the molecule is CCOC(=O)C1=Cc2cc(Br)cc(OCC)c2OC1C(F)(F)F. The van der Waals surface area contributed by atoms with Crippen LogP contribution < -0.4 is 9.47 Å². The molecule has 0 N–H and O–H groups in total. The summed E-state index contributed by atoms with van der Waals surface area (Å²) in [6, 6.07) is 3.06. The predicted molar refractivity (Wildman–Crippen MR) is 80.4 cm³/mol. The van der Waals surface area contributed by atoms with Crippen molar-refractivity contribution in [1.82, 2.24) is 0 Å². The number of alkyl halides is 3. The average molecular weight is 395 g/mol. The van der Waals surface area contributed by atoms with Crippen LogP contribution in [-0.4, -0.2) is 31.5 Å². The minimum atomic E-state index is -4.76. The van der Waals surface area contributed by atoms with E-state index in [4.69, 9.17) is 14.2 Å². The standard InChI is InChI=1S/C15H14BrF3O4/c1-3-21-11-7-9(16)5-8-6-10(14(20)22-4-2)13(15(17,18)19)23-12(8)11/h5-7,13H,3-4H2,1-2H3. The average Bonchev–Trinajstić information content (AvgIpc) is 2.45. The zero-order valence-electron chi connectivity index (χ0n) is 12.4. The van der Waals surface area contributed by atoms with Gasteiger partial charge in [-0.3, -0.25) is 0 Å².